The predicted octanol–water partition coefficient (Wildman–Crippen LogP) is 0.376. The summed E-state index contributed by atoms with van der Waals surface area (Å²) in [5.74, 6) is -1.18. The number of aryl methyl sites for hydroxylation is 1. The molecule has 0 aliphatic heterocycles. The van der Waals surface area contributed by atoms with Crippen LogP contribution in [0.25, 0.3) is 0 Å². The Morgan fingerprint density at radius 1 is 1.32 bits per heavy atom. The van der Waals surface area contributed by atoms with Crippen LogP contribution in [0.1, 0.15) is 15.9 Å². The normalized spacial score (nSPS) is 11.3. The smallest absolute Gasteiger partial charge is 0.251 e. The zero-order chi connectivity index (χ0) is 15.8. The number of hydrogen-bond acceptors (Lipinski definition) is 4. The largest absolute Gasteiger partial charge is 0.383 e. The van der Waals surface area contributed by atoms with Crippen LogP contribution in [0.2, 0.25) is 0 Å². The maximum atomic E-state index is 13.3. The monoisotopic (exact) mass is 333 g/mol. The molecule has 1 rings (SSSR count). The molecule has 0 aliphatic rings. The van der Waals surface area contributed by atoms with Crippen LogP contribution >= 0.6 is 12.4 Å². The summed E-state index contributed by atoms with van der Waals surface area (Å²) in [5.41, 5.74) is 6.24. The molecule has 0 heterocycles. The number of carbonyl (C=O) groups is 2. The number of carbonyl (C=O) groups excluding carboxylic acids is 2. The zero-order valence-corrected chi connectivity index (χ0v) is 13.3. The third kappa shape index (κ3) is 6.38. The molecular formula is C14H21ClFN3O3. The van der Waals surface area contributed by atoms with E-state index in [0.29, 0.717) is 5.56 Å². The molecule has 1 aromatic carbocycles. The van der Waals surface area contributed by atoms with E-state index in [1.54, 1.807) is 13.0 Å². The van der Waals surface area contributed by atoms with Crippen molar-refractivity contribution in [2.75, 3.05) is 26.8 Å². The van der Waals surface area contributed by atoms with Gasteiger partial charge in [-0.15, -0.1) is 12.4 Å². The van der Waals surface area contributed by atoms with E-state index in [4.69, 9.17) is 10.5 Å². The SMILES string of the molecule is COCC(N)C(=O)NCCNC(=O)c1ccc(C)c(F)c1.Cl. The maximum Gasteiger partial charge on any atom is 0.251 e. The highest BCUT2D eigenvalue weighted by molar-refractivity contribution is 5.94. The van der Waals surface area contributed by atoms with E-state index in [9.17, 15) is 14.0 Å². The van der Waals surface area contributed by atoms with Crippen molar-refractivity contribution in [1.29, 1.82) is 0 Å². The van der Waals surface area contributed by atoms with Crippen LogP contribution in [0.3, 0.4) is 0 Å². The third-order valence-electron chi connectivity index (χ3n) is 2.83. The molecule has 0 radical (unpaired) electrons. The zero-order valence-electron chi connectivity index (χ0n) is 12.5. The standard InChI is InChI=1S/C14H20FN3O3.ClH/c1-9-3-4-10(7-11(9)15)13(19)17-5-6-18-14(20)12(16)8-21-2;/h3-4,7,12H,5-6,8,16H2,1-2H3,(H,17,19)(H,18,20);1H. The molecule has 6 nitrogen and oxygen atoms in total. The van der Waals surface area contributed by atoms with Crippen molar-refractivity contribution in [3.8, 4) is 0 Å². The van der Waals surface area contributed by atoms with Crippen LogP contribution in [0, 0.1) is 12.7 Å². The van der Waals surface area contributed by atoms with Crippen LogP contribution in [-0.2, 0) is 9.53 Å². The van der Waals surface area contributed by atoms with Gasteiger partial charge in [-0.25, -0.2) is 4.39 Å². The molecule has 8 heteroatoms. The van der Waals surface area contributed by atoms with Gasteiger partial charge in [0.25, 0.3) is 5.91 Å². The van der Waals surface area contributed by atoms with E-state index >= 15 is 0 Å². The summed E-state index contributed by atoms with van der Waals surface area (Å²) < 4.78 is 18.1. The predicted molar refractivity (Wildman–Crippen MR) is 83.6 cm³/mol. The Balaban J connectivity index is 0.00000441. The molecule has 0 fully saturated rings. The Bertz CT molecular complexity index is 514. The topological polar surface area (TPSA) is 93.4 Å². The average molecular weight is 334 g/mol. The van der Waals surface area contributed by atoms with E-state index in [0.717, 1.165) is 0 Å². The molecule has 0 bridgehead atoms. The minimum absolute atomic E-state index is 0. The van der Waals surface area contributed by atoms with Crippen LogP contribution in [0.15, 0.2) is 18.2 Å². The number of benzene rings is 1. The minimum atomic E-state index is -0.739. The van der Waals surface area contributed by atoms with Crippen molar-refractivity contribution in [1.82, 2.24) is 10.6 Å². The quantitative estimate of drug-likeness (QED) is 0.629. The molecule has 0 aromatic heterocycles. The van der Waals surface area contributed by atoms with E-state index in [-0.39, 0.29) is 43.6 Å². The number of halogens is 2. The summed E-state index contributed by atoms with van der Waals surface area (Å²) in [6, 6.07) is 3.52. The second-order valence-electron chi connectivity index (χ2n) is 4.57. The summed E-state index contributed by atoms with van der Waals surface area (Å²) >= 11 is 0. The number of nitrogens with one attached hydrogen (secondary N) is 2. The lowest BCUT2D eigenvalue weighted by Crippen LogP contribution is -2.45. The van der Waals surface area contributed by atoms with Crippen LogP contribution in [0.4, 0.5) is 4.39 Å². The first-order valence-electron chi connectivity index (χ1n) is 6.52. The molecule has 0 aliphatic carbocycles. The fourth-order valence-electron chi connectivity index (χ4n) is 1.58. The molecule has 0 spiro atoms. The minimum Gasteiger partial charge on any atom is -0.383 e. The first-order valence-corrected chi connectivity index (χ1v) is 6.52. The third-order valence-corrected chi connectivity index (χ3v) is 2.83. The van der Waals surface area contributed by atoms with Crippen molar-refractivity contribution in [2.45, 2.75) is 13.0 Å². The highest BCUT2D eigenvalue weighted by Gasteiger charge is 2.12. The second kappa shape index (κ2) is 10.1. The molecule has 1 aromatic rings. The Kier molecular flexibility index (Phi) is 9.32. The highest BCUT2D eigenvalue weighted by Crippen LogP contribution is 2.08. The van der Waals surface area contributed by atoms with Crippen molar-refractivity contribution >= 4 is 24.2 Å². The van der Waals surface area contributed by atoms with E-state index in [2.05, 4.69) is 10.6 Å². The number of hydrogen-bond donors (Lipinski definition) is 3. The molecule has 22 heavy (non-hydrogen) atoms. The average Bonchev–Trinajstić information content (AvgIpc) is 2.46. The molecule has 124 valence electrons. The number of methoxy groups -OCH3 is 1. The second-order valence-corrected chi connectivity index (χ2v) is 4.57. The fourth-order valence-corrected chi connectivity index (χ4v) is 1.58. The van der Waals surface area contributed by atoms with E-state index in [1.807, 2.05) is 0 Å². The number of ether oxygens (including phenoxy) is 1. The van der Waals surface area contributed by atoms with Gasteiger partial charge in [0.2, 0.25) is 5.91 Å². The molecule has 2 amide bonds. The number of rotatable bonds is 7. The Labute approximate surface area is 135 Å². The van der Waals surface area contributed by atoms with Gasteiger partial charge in [-0.3, -0.25) is 9.59 Å². The van der Waals surface area contributed by atoms with Gasteiger partial charge in [0.15, 0.2) is 0 Å². The van der Waals surface area contributed by atoms with Gasteiger partial charge >= 0.3 is 0 Å². The van der Waals surface area contributed by atoms with Crippen molar-refractivity contribution in [3.05, 3.63) is 35.1 Å². The van der Waals surface area contributed by atoms with Gasteiger partial charge < -0.3 is 21.1 Å². The number of nitrogens with two attached hydrogens (primary N) is 1. The molecule has 0 saturated heterocycles. The molecular weight excluding hydrogens is 313 g/mol. The van der Waals surface area contributed by atoms with Crippen molar-refractivity contribution in [3.63, 3.8) is 0 Å². The summed E-state index contributed by atoms with van der Waals surface area (Å²) in [6.45, 7) is 2.20. The van der Waals surface area contributed by atoms with Gasteiger partial charge in [-0.2, -0.15) is 0 Å². The van der Waals surface area contributed by atoms with Crippen LogP contribution in [-0.4, -0.2) is 44.7 Å². The Hall–Kier alpha value is -1.70. The molecule has 0 saturated carbocycles. The molecule has 1 unspecified atom stereocenters. The Morgan fingerprint density at radius 3 is 2.55 bits per heavy atom. The van der Waals surface area contributed by atoms with Crippen molar-refractivity contribution < 1.29 is 18.7 Å². The van der Waals surface area contributed by atoms with Gasteiger partial charge in [-0.1, -0.05) is 6.07 Å². The lowest BCUT2D eigenvalue weighted by Gasteiger charge is -2.11. The molecule has 1 atom stereocenters. The summed E-state index contributed by atoms with van der Waals surface area (Å²) in [5, 5.41) is 5.14. The van der Waals surface area contributed by atoms with E-state index in [1.165, 1.54) is 19.2 Å². The van der Waals surface area contributed by atoms with Crippen molar-refractivity contribution in [2.24, 2.45) is 5.73 Å². The van der Waals surface area contributed by atoms with Gasteiger partial charge in [0, 0.05) is 25.8 Å². The van der Waals surface area contributed by atoms with Crippen LogP contribution in [0.5, 0.6) is 0 Å². The summed E-state index contributed by atoms with van der Waals surface area (Å²) in [7, 11) is 1.45. The van der Waals surface area contributed by atoms with Crippen LogP contribution < -0.4 is 16.4 Å². The fraction of sp³-hybridized carbons (Fsp3) is 0.429. The lowest BCUT2D eigenvalue weighted by atomic mass is 10.1. The number of amides is 2. The van der Waals surface area contributed by atoms with Gasteiger partial charge in [-0.05, 0) is 24.6 Å². The summed E-state index contributed by atoms with van der Waals surface area (Å²) in [4.78, 5) is 23.2. The first kappa shape index (κ1) is 20.3. The first-order chi connectivity index (χ1) is 9.95. The highest BCUT2D eigenvalue weighted by atomic mass is 35.5. The van der Waals surface area contributed by atoms with E-state index < -0.39 is 17.8 Å². The maximum absolute atomic E-state index is 13.3. The molecule has 4 N–H and O–H groups in total. The van der Waals surface area contributed by atoms with Gasteiger partial charge in [0.1, 0.15) is 11.9 Å². The van der Waals surface area contributed by atoms with Gasteiger partial charge in [0.05, 0.1) is 6.61 Å². The lowest BCUT2D eigenvalue weighted by molar-refractivity contribution is -0.123. The summed E-state index contributed by atoms with van der Waals surface area (Å²) in [6.07, 6.45) is 0. The Morgan fingerprint density at radius 2 is 1.95 bits per heavy atom.